The largest absolute Gasteiger partial charge is 0.480 e. The first-order chi connectivity index (χ1) is 15.5. The number of unbranched alkanes of at least 4 members (excludes halogenated alkanes) is 2. The van der Waals surface area contributed by atoms with Crippen molar-refractivity contribution in [3.8, 4) is 0 Å². The molecule has 0 aliphatic carbocycles. The Kier molecular flexibility index (Phi) is 9.37. The number of carbonyl (C=O) groups excluding carboxylic acids is 1. The molecule has 2 aliphatic rings. The third-order valence-corrected chi connectivity index (χ3v) is 7.34. The third kappa shape index (κ3) is 6.95. The number of aliphatic carboxylic acids is 2. The van der Waals surface area contributed by atoms with E-state index in [1.165, 1.54) is 35.9 Å². The lowest BCUT2D eigenvalue weighted by atomic mass is 9.92. The van der Waals surface area contributed by atoms with Crippen LogP contribution < -0.4 is 15.5 Å². The number of hydrogen-bond donors (Lipinski definition) is 4. The molecule has 2 atom stereocenters. The van der Waals surface area contributed by atoms with Gasteiger partial charge in [0.05, 0.1) is 11.7 Å². The van der Waals surface area contributed by atoms with Crippen LogP contribution in [0.1, 0.15) is 44.9 Å². The first-order valence-electron chi connectivity index (χ1n) is 11.4. The molecule has 1 fully saturated rings. The maximum atomic E-state index is 13.1. The highest BCUT2D eigenvalue weighted by Gasteiger charge is 2.34. The maximum Gasteiger partial charge on any atom is 0.323 e. The van der Waals surface area contributed by atoms with Gasteiger partial charge in [0, 0.05) is 10.6 Å². The topological polar surface area (TPSA) is 119 Å². The number of rotatable bonds is 11. The molecule has 3 rings (SSSR count). The lowest BCUT2D eigenvalue weighted by Gasteiger charge is -2.26. The van der Waals surface area contributed by atoms with Gasteiger partial charge >= 0.3 is 11.9 Å². The number of fused-ring (bicyclic) bond motifs is 1. The van der Waals surface area contributed by atoms with Crippen molar-refractivity contribution >= 4 is 35.3 Å². The van der Waals surface area contributed by atoms with E-state index in [2.05, 4.69) is 10.6 Å². The molecule has 4 N–H and O–H groups in total. The molecule has 0 unspecified atom stereocenters. The zero-order chi connectivity index (χ0) is 22.9. The van der Waals surface area contributed by atoms with E-state index < -0.39 is 36.5 Å². The molecule has 0 spiro atoms. The van der Waals surface area contributed by atoms with E-state index in [-0.39, 0.29) is 0 Å². The average Bonchev–Trinajstić information content (AvgIpc) is 2.90. The lowest BCUT2D eigenvalue weighted by Crippen LogP contribution is -2.53. The van der Waals surface area contributed by atoms with Crippen LogP contribution in [0.25, 0.3) is 0 Å². The summed E-state index contributed by atoms with van der Waals surface area (Å²) in [5.41, 5.74) is 0.555. The van der Waals surface area contributed by atoms with E-state index in [0.717, 1.165) is 43.2 Å². The number of hydrogen-bond acceptors (Lipinski definition) is 6. The van der Waals surface area contributed by atoms with Crippen LogP contribution >= 0.6 is 11.8 Å². The van der Waals surface area contributed by atoms with E-state index in [1.807, 2.05) is 12.1 Å². The fourth-order valence-electron chi connectivity index (χ4n) is 4.42. The maximum absolute atomic E-state index is 13.1. The van der Waals surface area contributed by atoms with E-state index in [4.69, 9.17) is 0 Å². The highest BCUT2D eigenvalue weighted by molar-refractivity contribution is 7.99. The molecule has 0 bridgehead atoms. The quantitative estimate of drug-likeness (QED) is 0.370. The molecule has 1 aromatic carbocycles. The van der Waals surface area contributed by atoms with Gasteiger partial charge in [0.25, 0.3) is 0 Å². The van der Waals surface area contributed by atoms with Crippen LogP contribution in [0, 0.1) is 5.92 Å². The van der Waals surface area contributed by atoms with Crippen molar-refractivity contribution in [3.63, 3.8) is 0 Å². The predicted octanol–water partition coefficient (Wildman–Crippen LogP) is 2.57. The van der Waals surface area contributed by atoms with Gasteiger partial charge in [0.2, 0.25) is 5.91 Å². The molecule has 0 aromatic heterocycles. The van der Waals surface area contributed by atoms with Crippen LogP contribution in [0.3, 0.4) is 0 Å². The number of amides is 1. The molecule has 32 heavy (non-hydrogen) atoms. The van der Waals surface area contributed by atoms with Crippen LogP contribution in [0.15, 0.2) is 29.2 Å². The fourth-order valence-corrected chi connectivity index (χ4v) is 5.51. The highest BCUT2D eigenvalue weighted by Crippen LogP contribution is 2.34. The number of nitrogens with zero attached hydrogens (tertiary/aromatic N) is 1. The van der Waals surface area contributed by atoms with Crippen LogP contribution in [0.4, 0.5) is 5.69 Å². The Morgan fingerprint density at radius 3 is 2.62 bits per heavy atom. The molecule has 1 saturated heterocycles. The highest BCUT2D eigenvalue weighted by atomic mass is 32.2. The molecule has 2 heterocycles. The summed E-state index contributed by atoms with van der Waals surface area (Å²) in [6, 6.07) is 5.58. The van der Waals surface area contributed by atoms with E-state index in [0.29, 0.717) is 17.9 Å². The smallest absolute Gasteiger partial charge is 0.323 e. The van der Waals surface area contributed by atoms with Crippen molar-refractivity contribution in [3.05, 3.63) is 24.3 Å². The van der Waals surface area contributed by atoms with Crippen LogP contribution in [-0.2, 0) is 14.4 Å². The molecule has 2 aliphatic heterocycles. The van der Waals surface area contributed by atoms with Gasteiger partial charge in [-0.1, -0.05) is 37.8 Å². The number of para-hydroxylation sites is 1. The summed E-state index contributed by atoms with van der Waals surface area (Å²) in [5.74, 6) is -1.37. The van der Waals surface area contributed by atoms with Crippen molar-refractivity contribution in [2.45, 2.75) is 61.9 Å². The zero-order valence-electron chi connectivity index (χ0n) is 18.3. The van der Waals surface area contributed by atoms with Crippen molar-refractivity contribution in [2.24, 2.45) is 5.92 Å². The normalized spacial score (nSPS) is 20.4. The number of nitrogens with one attached hydrogen (secondary N) is 2. The van der Waals surface area contributed by atoms with E-state index in [9.17, 15) is 24.6 Å². The van der Waals surface area contributed by atoms with Crippen LogP contribution in [0.2, 0.25) is 0 Å². The Balaban J connectivity index is 1.55. The summed E-state index contributed by atoms with van der Waals surface area (Å²) >= 11 is 1.44. The molecule has 1 amide bonds. The van der Waals surface area contributed by atoms with Crippen LogP contribution in [0.5, 0.6) is 0 Å². The number of carboxylic acid groups (broad SMARTS) is 2. The minimum absolute atomic E-state index is 0.353. The van der Waals surface area contributed by atoms with Crippen molar-refractivity contribution in [1.29, 1.82) is 0 Å². The summed E-state index contributed by atoms with van der Waals surface area (Å²) in [7, 11) is 0. The number of carboxylic acids is 2. The Labute approximate surface area is 193 Å². The Bertz CT molecular complexity index is 800. The Hall–Kier alpha value is -2.10. The first kappa shape index (κ1) is 24.5. The summed E-state index contributed by atoms with van der Waals surface area (Å²) < 4.78 is 0. The van der Waals surface area contributed by atoms with Crippen molar-refractivity contribution in [2.75, 3.05) is 30.3 Å². The zero-order valence-corrected chi connectivity index (χ0v) is 19.1. The molecule has 8 nitrogen and oxygen atoms in total. The van der Waals surface area contributed by atoms with Crippen molar-refractivity contribution < 1.29 is 24.6 Å². The number of benzene rings is 1. The fraction of sp³-hybridized carbons (Fsp3) is 0.609. The first-order valence-corrected chi connectivity index (χ1v) is 12.4. The monoisotopic (exact) mass is 463 g/mol. The molecular formula is C23H33N3O5S. The SMILES string of the molecule is O=C(O)CN1C(=O)[C@@H](N[C@@H](CCCCCC2CCNCC2)C(=O)O)CSc2ccccc21. The van der Waals surface area contributed by atoms with E-state index in [1.54, 1.807) is 12.1 Å². The van der Waals surface area contributed by atoms with Gasteiger partial charge in [-0.3, -0.25) is 24.6 Å². The molecule has 1 aromatic rings. The number of piperidine rings is 1. The van der Waals surface area contributed by atoms with Gasteiger partial charge in [-0.2, -0.15) is 0 Å². The van der Waals surface area contributed by atoms with Gasteiger partial charge < -0.3 is 15.5 Å². The Morgan fingerprint density at radius 2 is 1.91 bits per heavy atom. The Morgan fingerprint density at radius 1 is 1.16 bits per heavy atom. The summed E-state index contributed by atoms with van der Waals surface area (Å²) in [5, 5.41) is 25.4. The second-order valence-electron chi connectivity index (χ2n) is 8.54. The minimum atomic E-state index is -1.11. The third-order valence-electron chi connectivity index (χ3n) is 6.18. The summed E-state index contributed by atoms with van der Waals surface area (Å²) in [6.07, 6.45) is 6.92. The average molecular weight is 464 g/mol. The second-order valence-corrected chi connectivity index (χ2v) is 9.60. The molecule has 0 saturated carbocycles. The van der Waals surface area contributed by atoms with Crippen LogP contribution in [-0.4, -0.2) is 65.5 Å². The number of carbonyl (C=O) groups is 3. The molecule has 0 radical (unpaired) electrons. The standard InChI is InChI=1S/C23H33N3O5S/c27-21(28)14-26-19-8-4-5-9-20(19)32-15-18(22(26)29)25-17(23(30)31)7-3-1-2-6-16-10-12-24-13-11-16/h4-5,8-9,16-18,24-25H,1-3,6-7,10-15H2,(H,27,28)(H,30,31)/t17-,18-/m0/s1. The second kappa shape index (κ2) is 12.2. The number of anilines is 1. The van der Waals surface area contributed by atoms with E-state index >= 15 is 0 Å². The predicted molar refractivity (Wildman–Crippen MR) is 124 cm³/mol. The number of thioether (sulfide) groups is 1. The van der Waals surface area contributed by atoms with Gasteiger partial charge in [-0.15, -0.1) is 11.8 Å². The summed E-state index contributed by atoms with van der Waals surface area (Å²) in [4.78, 5) is 38.4. The minimum Gasteiger partial charge on any atom is -0.480 e. The molecular weight excluding hydrogens is 430 g/mol. The summed E-state index contributed by atoms with van der Waals surface area (Å²) in [6.45, 7) is 1.72. The van der Waals surface area contributed by atoms with Crippen molar-refractivity contribution in [1.82, 2.24) is 10.6 Å². The van der Waals surface area contributed by atoms with Gasteiger partial charge in [-0.25, -0.2) is 0 Å². The van der Waals surface area contributed by atoms with Gasteiger partial charge in [0.15, 0.2) is 0 Å². The van der Waals surface area contributed by atoms with Gasteiger partial charge in [0.1, 0.15) is 12.6 Å². The van der Waals surface area contributed by atoms with Gasteiger partial charge in [-0.05, 0) is 50.4 Å². The lowest BCUT2D eigenvalue weighted by molar-refractivity contribution is -0.140. The molecule has 176 valence electrons. The molecule has 9 heteroatoms.